The van der Waals surface area contributed by atoms with Gasteiger partial charge in [-0.15, -0.1) is 22.7 Å². The summed E-state index contributed by atoms with van der Waals surface area (Å²) >= 11 is 1.91. The van der Waals surface area contributed by atoms with E-state index in [0.29, 0.717) is 26.1 Å². The van der Waals surface area contributed by atoms with Crippen LogP contribution in [0.3, 0.4) is 0 Å². The van der Waals surface area contributed by atoms with Gasteiger partial charge in [-0.3, -0.25) is 33.6 Å². The highest BCUT2D eigenvalue weighted by molar-refractivity contribution is 7.14. The fourth-order valence-electron chi connectivity index (χ4n) is 11.7. The summed E-state index contributed by atoms with van der Waals surface area (Å²) in [5.41, 5.74) is 33.7. The van der Waals surface area contributed by atoms with Crippen molar-refractivity contribution in [3.63, 3.8) is 0 Å². The molecule has 4 aliphatic rings. The molecule has 8 heterocycles. The molecule has 0 aromatic carbocycles. The van der Waals surface area contributed by atoms with Crippen molar-refractivity contribution in [2.45, 2.75) is 213 Å². The third-order valence-corrected chi connectivity index (χ3v) is 20.0. The van der Waals surface area contributed by atoms with E-state index in [4.69, 9.17) is 67.6 Å². The van der Waals surface area contributed by atoms with Crippen molar-refractivity contribution in [1.82, 2.24) is 66.7 Å². The number of nitrogens with one attached hydrogen (secondary N) is 7. The lowest BCUT2D eigenvalue weighted by Crippen LogP contribution is -2.65. The molecule has 109 heavy (non-hydrogen) atoms. The van der Waals surface area contributed by atoms with Crippen molar-refractivity contribution in [2.75, 3.05) is 51.7 Å². The van der Waals surface area contributed by atoms with Crippen LogP contribution in [0.25, 0.3) is 10.7 Å². The van der Waals surface area contributed by atoms with E-state index >= 15 is 4.79 Å². The second kappa shape index (κ2) is 39.3. The number of nitrogen functional groups attached to an aromatic ring is 1. The van der Waals surface area contributed by atoms with Crippen LogP contribution in [0, 0.1) is 6.92 Å². The third kappa shape index (κ3) is 21.6. The highest BCUT2D eigenvalue weighted by Gasteiger charge is 2.54. The van der Waals surface area contributed by atoms with Crippen molar-refractivity contribution < 1.29 is 128 Å². The van der Waals surface area contributed by atoms with E-state index in [2.05, 4.69) is 61.8 Å². The Balaban J connectivity index is 1.04. The average Bonchev–Trinajstić information content (AvgIpc) is 1.73. The van der Waals surface area contributed by atoms with Gasteiger partial charge in [0.25, 0.3) is 11.8 Å². The number of aromatic nitrogens is 6. The number of rotatable bonds is 38. The van der Waals surface area contributed by atoms with Crippen LogP contribution in [-0.2, 0) is 57.1 Å². The summed E-state index contributed by atoms with van der Waals surface area (Å²) in [6.45, 7) is 4.94. The summed E-state index contributed by atoms with van der Waals surface area (Å²) in [5.74, 6) is -7.54. The topological polar surface area (TPSA) is 735 Å². The highest BCUT2D eigenvalue weighted by Crippen LogP contribution is 2.37. The molecule has 0 spiro atoms. The van der Waals surface area contributed by atoms with Crippen LogP contribution in [0.5, 0.6) is 0 Å². The number of hydrogen-bond acceptors (Lipinski definition) is 38. The number of primary amides is 2. The highest BCUT2D eigenvalue weighted by atomic mass is 32.1. The minimum atomic E-state index is -2.23. The van der Waals surface area contributed by atoms with Gasteiger partial charge in [0.15, 0.2) is 43.1 Å². The molecule has 47 heteroatoms. The van der Waals surface area contributed by atoms with Gasteiger partial charge >= 0.3 is 6.09 Å². The lowest BCUT2D eigenvalue weighted by Gasteiger charge is -2.47. The predicted octanol–water partition coefficient (Wildman–Crippen LogP) is -10.1. The van der Waals surface area contributed by atoms with Crippen molar-refractivity contribution in [3.8, 4) is 10.7 Å². The van der Waals surface area contributed by atoms with Gasteiger partial charge < -0.3 is 166 Å². The molecule has 606 valence electrons. The number of unbranched alkanes of at least 4 members (excludes halogenated alkanes) is 1. The number of amides is 8. The van der Waals surface area contributed by atoms with Gasteiger partial charge in [-0.25, -0.2) is 29.7 Å². The molecule has 0 aliphatic carbocycles. The predicted molar refractivity (Wildman–Crippen MR) is 371 cm³/mol. The number of likely N-dealkylation sites (tertiary alicyclic amines) is 1. The average molecular weight is 1590 g/mol. The Bertz CT molecular complexity index is 3720. The number of hydrogen-bond donors (Lipinski definition) is 24. The molecule has 8 rings (SSSR count). The zero-order valence-corrected chi connectivity index (χ0v) is 60.9. The lowest BCUT2D eigenvalue weighted by atomic mass is 9.97. The smallest absolute Gasteiger partial charge is 0.404 e. The number of H-pyrrole nitrogens is 1. The van der Waals surface area contributed by atoms with E-state index in [0.717, 1.165) is 66.4 Å². The molecule has 25 atom stereocenters. The minimum Gasteiger partial charge on any atom is -0.441 e. The first-order valence-electron chi connectivity index (χ1n) is 34.4. The van der Waals surface area contributed by atoms with Crippen molar-refractivity contribution >= 4 is 75.9 Å². The minimum absolute atomic E-state index is 0.0812. The molecular weight excluding hydrogens is 1490 g/mol. The van der Waals surface area contributed by atoms with Gasteiger partial charge in [-0.1, -0.05) is 0 Å². The van der Waals surface area contributed by atoms with Gasteiger partial charge in [0, 0.05) is 29.4 Å². The first kappa shape index (κ1) is 86.7. The van der Waals surface area contributed by atoms with Gasteiger partial charge in [0.1, 0.15) is 118 Å². The number of β-lactam (4-membered cyclic amide) rings is 1. The Hall–Kier alpha value is -7.93. The molecule has 0 radical (unpaired) electrons. The van der Waals surface area contributed by atoms with Crippen LogP contribution in [0.15, 0.2) is 23.3 Å². The Kier molecular flexibility index (Phi) is 31.3. The Morgan fingerprint density at radius 3 is 2.10 bits per heavy atom. The van der Waals surface area contributed by atoms with Crippen LogP contribution < -0.4 is 66.3 Å². The van der Waals surface area contributed by atoms with Crippen LogP contribution >= 0.6 is 22.7 Å². The summed E-state index contributed by atoms with van der Waals surface area (Å²) in [7, 11) is 0. The van der Waals surface area contributed by atoms with E-state index in [9.17, 15) is 89.7 Å². The fraction of sp³-hybridized carbons (Fsp3) is 0.661. The monoisotopic (exact) mass is 1590 g/mol. The Morgan fingerprint density at radius 2 is 1.45 bits per heavy atom. The van der Waals surface area contributed by atoms with Crippen LogP contribution in [0.4, 0.5) is 10.6 Å². The SMILES string of the molecule is Cc1c(N)nc(C2CC(=O)N2CC(N)C(N)=O)nc1C(=O)NC(C(=O)NC(C)C(O)CC(=O)NC(C(=O)NC(OC1OC(C)C(N)C(O)C1O)C(O)c1nc(-c2nc(C(=O)NCCCNCCCCN)cs2)cs1)C(C)O)C(OC1OC(CO)C(O)C(O)C1OC1OC(CO)C(O)C(OC(N)=O)C1O)c1cnc[nH]1. The number of nitrogens with zero attached hydrogens (tertiary/aromatic N) is 6. The zero-order valence-electron chi connectivity index (χ0n) is 59.2. The molecule has 4 aromatic heterocycles. The van der Waals surface area contributed by atoms with Gasteiger partial charge in [-0.05, 0) is 66.6 Å². The van der Waals surface area contributed by atoms with Gasteiger partial charge in [0.05, 0.1) is 74.7 Å². The first-order chi connectivity index (χ1) is 51.7. The summed E-state index contributed by atoms with van der Waals surface area (Å²) < 4.78 is 40.4. The molecule has 4 aliphatic heterocycles. The molecule has 4 fully saturated rings. The summed E-state index contributed by atoms with van der Waals surface area (Å²) in [6, 6.07) is -9.32. The maximum atomic E-state index is 15.3. The number of carbonyl (C=O) groups is 8. The number of aromatic amines is 1. The number of carbonyl (C=O) groups excluding carboxylic acids is 8. The summed E-state index contributed by atoms with van der Waals surface area (Å²) in [6.07, 6.45) is -34.7. The first-order valence-corrected chi connectivity index (χ1v) is 36.2. The molecule has 45 nitrogen and oxygen atoms in total. The third-order valence-electron chi connectivity index (χ3n) is 18.2. The van der Waals surface area contributed by atoms with Gasteiger partial charge in [-0.2, -0.15) is 0 Å². The molecule has 4 saturated heterocycles. The molecular formula is C62H95N19O26S2. The van der Waals surface area contributed by atoms with Crippen molar-refractivity contribution in [1.29, 1.82) is 0 Å². The van der Waals surface area contributed by atoms with E-state index < -0.39 is 232 Å². The largest absolute Gasteiger partial charge is 0.441 e. The number of imidazole rings is 1. The maximum absolute atomic E-state index is 15.3. The number of ether oxygens (including phenoxy) is 7. The zero-order chi connectivity index (χ0) is 80.0. The second-order valence-corrected chi connectivity index (χ2v) is 28.0. The standard InChI is InChI=1S/C62H95N19O26S2/c1-21-36(77-51(79-49(21)66)29-12-34(87)81(29)15-25(64)50(67)95)53(97)78-38(46(26-14-70-20-72-26)104-61-48(42(91)39(88)31(16-82)103-61)105-60-44(93)47(106-62(68)100)40(89)32(17-83)102-60)55(99)73-22(2)30(85)13-33(86)76-37(23(3)84)54(98)80-56(107-59-43(92)41(90)35(65)24(4)101-59)45(94)58-75-28(19-109-58)57-74-27(18-108-57)52(96)71-11-7-10-69-9-6-5-8-63/h14,18-20,22-25,29-32,35,37-48,56,59-61,69,82-85,88-94H,5-13,15-17,63-65H2,1-4H3,(H2,67,95)(H2,68,100)(H,70,72)(H,71,96)(H,73,99)(H,76,86)(H,78,97)(H,80,98)(H2,66,77,79). The van der Waals surface area contributed by atoms with Gasteiger partial charge in [0.2, 0.25) is 29.5 Å². The lowest BCUT2D eigenvalue weighted by molar-refractivity contribution is -0.372. The Morgan fingerprint density at radius 1 is 0.761 bits per heavy atom. The van der Waals surface area contributed by atoms with E-state index in [1.54, 1.807) is 0 Å². The molecule has 4 aromatic rings. The molecule has 0 saturated carbocycles. The molecule has 8 amide bonds. The van der Waals surface area contributed by atoms with Crippen molar-refractivity contribution in [3.05, 3.63) is 56.8 Å². The van der Waals surface area contributed by atoms with Crippen molar-refractivity contribution in [2.24, 2.45) is 28.7 Å². The summed E-state index contributed by atoms with van der Waals surface area (Å²) in [5, 5.41) is 141. The maximum Gasteiger partial charge on any atom is 0.404 e. The number of aliphatic hydroxyl groups is 11. The van der Waals surface area contributed by atoms with Crippen LogP contribution in [0.1, 0.15) is 114 Å². The van der Waals surface area contributed by atoms with E-state index in [-0.39, 0.29) is 50.7 Å². The van der Waals surface area contributed by atoms with Crippen LogP contribution in [-0.4, -0.2) is 319 Å². The number of aliphatic hydroxyl groups excluding tert-OH is 11. The number of nitrogens with two attached hydrogens (primary N) is 6. The Labute approximate surface area is 628 Å². The normalized spacial score (nSPS) is 28.2. The molecule has 0 bridgehead atoms. The second-order valence-electron chi connectivity index (χ2n) is 26.2. The quantitative estimate of drug-likeness (QED) is 0.0113. The number of anilines is 1. The van der Waals surface area contributed by atoms with E-state index in [1.165, 1.54) is 31.5 Å². The molecule has 30 N–H and O–H groups in total. The summed E-state index contributed by atoms with van der Waals surface area (Å²) in [4.78, 5) is 134. The molecule has 25 unspecified atom stereocenters. The van der Waals surface area contributed by atoms with E-state index in [1.807, 2.05) is 0 Å². The fourth-order valence-corrected chi connectivity index (χ4v) is 13.4. The number of thiazole rings is 2. The van der Waals surface area contributed by atoms with Crippen LogP contribution in [0.2, 0.25) is 0 Å².